The quantitative estimate of drug-likeness (QED) is 0.769. The van der Waals surface area contributed by atoms with Gasteiger partial charge in [0, 0.05) is 13.1 Å². The monoisotopic (exact) mass is 247 g/mol. The van der Waals surface area contributed by atoms with Gasteiger partial charge in [-0.1, -0.05) is 19.1 Å². The highest BCUT2D eigenvalue weighted by atomic mass is 16.5. The highest BCUT2D eigenvalue weighted by Crippen LogP contribution is 2.18. The van der Waals surface area contributed by atoms with E-state index in [0.717, 1.165) is 12.5 Å². The number of esters is 1. The predicted octanol–water partition coefficient (Wildman–Crippen LogP) is 2.71. The zero-order chi connectivity index (χ0) is 13.0. The number of hydrogen-bond acceptors (Lipinski definition) is 3. The lowest BCUT2D eigenvalue weighted by atomic mass is 9.99. The molecule has 1 heterocycles. The zero-order valence-corrected chi connectivity index (χ0v) is 11.2. The fourth-order valence-corrected chi connectivity index (χ4v) is 2.55. The molecule has 3 heteroatoms. The third-order valence-electron chi connectivity index (χ3n) is 3.52. The highest BCUT2D eigenvalue weighted by molar-refractivity contribution is 5.89. The summed E-state index contributed by atoms with van der Waals surface area (Å²) in [5.41, 5.74) is 1.88. The van der Waals surface area contributed by atoms with Gasteiger partial charge in [-0.25, -0.2) is 4.79 Å². The lowest BCUT2D eigenvalue weighted by molar-refractivity contribution is 0.0600. The lowest BCUT2D eigenvalue weighted by Crippen LogP contribution is -2.33. The Kier molecular flexibility index (Phi) is 4.37. The van der Waals surface area contributed by atoms with E-state index in [2.05, 4.69) is 11.8 Å². The maximum atomic E-state index is 11.3. The molecule has 18 heavy (non-hydrogen) atoms. The van der Waals surface area contributed by atoms with Crippen LogP contribution in [-0.4, -0.2) is 31.1 Å². The standard InChI is InChI=1S/C15H21NO2/c1-12-4-3-9-16(10-12)11-13-5-7-14(8-6-13)15(17)18-2/h5-8,12H,3-4,9-11H2,1-2H3. The van der Waals surface area contributed by atoms with Crippen molar-refractivity contribution in [1.29, 1.82) is 0 Å². The second kappa shape index (κ2) is 6.01. The normalized spacial score (nSPS) is 20.7. The van der Waals surface area contributed by atoms with Gasteiger partial charge in [0.15, 0.2) is 0 Å². The fourth-order valence-electron chi connectivity index (χ4n) is 2.55. The summed E-state index contributed by atoms with van der Waals surface area (Å²) >= 11 is 0. The van der Waals surface area contributed by atoms with E-state index in [-0.39, 0.29) is 5.97 Å². The van der Waals surface area contributed by atoms with Crippen LogP contribution in [0.5, 0.6) is 0 Å². The average molecular weight is 247 g/mol. The van der Waals surface area contributed by atoms with Gasteiger partial charge in [-0.3, -0.25) is 4.90 Å². The van der Waals surface area contributed by atoms with Crippen molar-refractivity contribution in [2.45, 2.75) is 26.3 Å². The van der Waals surface area contributed by atoms with Crippen molar-refractivity contribution in [2.75, 3.05) is 20.2 Å². The van der Waals surface area contributed by atoms with Crippen LogP contribution in [0.4, 0.5) is 0 Å². The van der Waals surface area contributed by atoms with E-state index in [1.165, 1.54) is 38.6 Å². The molecule has 0 bridgehead atoms. The van der Waals surface area contributed by atoms with Crippen molar-refractivity contribution < 1.29 is 9.53 Å². The number of hydrogen-bond donors (Lipinski definition) is 0. The molecule has 1 unspecified atom stereocenters. The van der Waals surface area contributed by atoms with Gasteiger partial charge < -0.3 is 4.74 Å². The van der Waals surface area contributed by atoms with Crippen LogP contribution in [0, 0.1) is 5.92 Å². The summed E-state index contributed by atoms with van der Waals surface area (Å²) in [6, 6.07) is 7.72. The topological polar surface area (TPSA) is 29.5 Å². The van der Waals surface area contributed by atoms with Crippen LogP contribution in [0.3, 0.4) is 0 Å². The predicted molar refractivity (Wildman–Crippen MR) is 71.5 cm³/mol. The van der Waals surface area contributed by atoms with Gasteiger partial charge >= 0.3 is 5.97 Å². The first-order valence-corrected chi connectivity index (χ1v) is 6.58. The van der Waals surface area contributed by atoms with Crippen LogP contribution in [0.2, 0.25) is 0 Å². The Morgan fingerprint density at radius 3 is 2.72 bits per heavy atom. The van der Waals surface area contributed by atoms with Crippen LogP contribution in [0.25, 0.3) is 0 Å². The largest absolute Gasteiger partial charge is 0.465 e. The van der Waals surface area contributed by atoms with Gasteiger partial charge in [-0.2, -0.15) is 0 Å². The molecular weight excluding hydrogens is 226 g/mol. The third kappa shape index (κ3) is 3.33. The van der Waals surface area contributed by atoms with Gasteiger partial charge in [-0.05, 0) is 43.0 Å². The molecule has 1 saturated heterocycles. The van der Waals surface area contributed by atoms with Crippen LogP contribution >= 0.6 is 0 Å². The summed E-state index contributed by atoms with van der Waals surface area (Å²) in [4.78, 5) is 13.8. The molecule has 0 aliphatic carbocycles. The first-order chi connectivity index (χ1) is 8.69. The average Bonchev–Trinajstić information content (AvgIpc) is 2.39. The van der Waals surface area contributed by atoms with Gasteiger partial charge in [0.1, 0.15) is 0 Å². The first-order valence-electron chi connectivity index (χ1n) is 6.58. The number of benzene rings is 1. The second-order valence-corrected chi connectivity index (χ2v) is 5.17. The number of piperidine rings is 1. The molecule has 1 aliphatic rings. The molecule has 0 amide bonds. The minimum absolute atomic E-state index is 0.270. The number of nitrogens with zero attached hydrogens (tertiary/aromatic N) is 1. The van der Waals surface area contributed by atoms with Gasteiger partial charge in [-0.15, -0.1) is 0 Å². The Balaban J connectivity index is 1.95. The van der Waals surface area contributed by atoms with Gasteiger partial charge in [0.2, 0.25) is 0 Å². The van der Waals surface area contributed by atoms with Crippen LogP contribution < -0.4 is 0 Å². The smallest absolute Gasteiger partial charge is 0.337 e. The molecular formula is C15H21NO2. The van der Waals surface area contributed by atoms with Crippen molar-refractivity contribution in [1.82, 2.24) is 4.90 Å². The van der Waals surface area contributed by atoms with Crippen molar-refractivity contribution in [3.05, 3.63) is 35.4 Å². The Morgan fingerprint density at radius 1 is 1.39 bits per heavy atom. The molecule has 1 atom stereocenters. The summed E-state index contributed by atoms with van der Waals surface area (Å²) < 4.78 is 4.69. The highest BCUT2D eigenvalue weighted by Gasteiger charge is 2.16. The summed E-state index contributed by atoms with van der Waals surface area (Å²) in [7, 11) is 1.41. The SMILES string of the molecule is COC(=O)c1ccc(CN2CCCC(C)C2)cc1. The molecule has 3 nitrogen and oxygen atoms in total. The van der Waals surface area contributed by atoms with Crippen LogP contribution in [0.15, 0.2) is 24.3 Å². The maximum Gasteiger partial charge on any atom is 0.337 e. The molecule has 1 aliphatic heterocycles. The molecule has 0 aromatic heterocycles. The minimum Gasteiger partial charge on any atom is -0.465 e. The van der Waals surface area contributed by atoms with E-state index in [0.29, 0.717) is 5.56 Å². The summed E-state index contributed by atoms with van der Waals surface area (Å²) in [6.07, 6.45) is 2.64. The number of methoxy groups -OCH3 is 1. The lowest BCUT2D eigenvalue weighted by Gasteiger charge is -2.30. The Morgan fingerprint density at radius 2 is 2.11 bits per heavy atom. The molecule has 0 saturated carbocycles. The Hall–Kier alpha value is -1.35. The molecule has 2 rings (SSSR count). The first kappa shape index (κ1) is 13.1. The van der Waals surface area contributed by atoms with E-state index in [9.17, 15) is 4.79 Å². The van der Waals surface area contributed by atoms with Crippen LogP contribution in [-0.2, 0) is 11.3 Å². The molecule has 1 fully saturated rings. The molecule has 0 N–H and O–H groups in total. The second-order valence-electron chi connectivity index (χ2n) is 5.17. The van der Waals surface area contributed by atoms with E-state index < -0.39 is 0 Å². The van der Waals surface area contributed by atoms with E-state index >= 15 is 0 Å². The number of carbonyl (C=O) groups excluding carboxylic acids is 1. The summed E-state index contributed by atoms with van der Waals surface area (Å²) in [6.45, 7) is 5.65. The molecule has 1 aromatic rings. The maximum absolute atomic E-state index is 11.3. The van der Waals surface area contributed by atoms with Gasteiger partial charge in [0.25, 0.3) is 0 Å². The number of ether oxygens (including phenoxy) is 1. The fraction of sp³-hybridized carbons (Fsp3) is 0.533. The zero-order valence-electron chi connectivity index (χ0n) is 11.2. The van der Waals surface area contributed by atoms with E-state index in [1.807, 2.05) is 24.3 Å². The van der Waals surface area contributed by atoms with Crippen molar-refractivity contribution in [3.8, 4) is 0 Å². The van der Waals surface area contributed by atoms with Crippen molar-refractivity contribution >= 4 is 5.97 Å². The van der Waals surface area contributed by atoms with E-state index in [4.69, 9.17) is 4.74 Å². The number of carbonyl (C=O) groups is 1. The van der Waals surface area contributed by atoms with Crippen molar-refractivity contribution in [2.24, 2.45) is 5.92 Å². The van der Waals surface area contributed by atoms with Crippen LogP contribution in [0.1, 0.15) is 35.7 Å². The number of rotatable bonds is 3. The van der Waals surface area contributed by atoms with Gasteiger partial charge in [0.05, 0.1) is 12.7 Å². The molecule has 0 radical (unpaired) electrons. The molecule has 0 spiro atoms. The summed E-state index contributed by atoms with van der Waals surface area (Å²) in [5, 5.41) is 0. The minimum atomic E-state index is -0.270. The Bertz CT molecular complexity index is 399. The van der Waals surface area contributed by atoms with Crippen molar-refractivity contribution in [3.63, 3.8) is 0 Å². The third-order valence-corrected chi connectivity index (χ3v) is 3.52. The summed E-state index contributed by atoms with van der Waals surface area (Å²) in [5.74, 6) is 0.529. The molecule has 98 valence electrons. The number of likely N-dealkylation sites (tertiary alicyclic amines) is 1. The molecule has 1 aromatic carbocycles. The Labute approximate surface area is 109 Å². The van der Waals surface area contributed by atoms with E-state index in [1.54, 1.807) is 0 Å².